The number of fused-ring (bicyclic) bond motifs is 1. The fraction of sp³-hybridized carbons (Fsp3) is 0.429. The fourth-order valence-electron chi connectivity index (χ4n) is 2.23. The summed E-state index contributed by atoms with van der Waals surface area (Å²) < 4.78 is 0. The van der Waals surface area contributed by atoms with Gasteiger partial charge in [0, 0.05) is 12.2 Å². The second-order valence-electron chi connectivity index (χ2n) is 4.10. The summed E-state index contributed by atoms with van der Waals surface area (Å²) >= 11 is 0. The number of allylic oxidation sites excluding steroid dienone is 1. The molecule has 1 aromatic carbocycles. The molecule has 80 valence electrons. The first kappa shape index (κ1) is 10.3. The zero-order valence-corrected chi connectivity index (χ0v) is 9.42. The SMILES string of the molecule is C/C=C/CNc1cccc2c1CCCC2. The van der Waals surface area contributed by atoms with Crippen molar-refractivity contribution in [2.75, 3.05) is 11.9 Å². The lowest BCUT2D eigenvalue weighted by Crippen LogP contribution is -2.08. The van der Waals surface area contributed by atoms with E-state index in [4.69, 9.17) is 0 Å². The van der Waals surface area contributed by atoms with Gasteiger partial charge in [-0.2, -0.15) is 0 Å². The van der Waals surface area contributed by atoms with Crippen molar-refractivity contribution in [2.45, 2.75) is 32.6 Å². The maximum Gasteiger partial charge on any atom is 0.0377 e. The van der Waals surface area contributed by atoms with Crippen molar-refractivity contribution in [3.05, 3.63) is 41.5 Å². The molecule has 0 fully saturated rings. The first-order chi connectivity index (χ1) is 7.42. The Hall–Kier alpha value is -1.24. The highest BCUT2D eigenvalue weighted by Crippen LogP contribution is 2.27. The summed E-state index contributed by atoms with van der Waals surface area (Å²) in [5.41, 5.74) is 4.44. The Bertz CT molecular complexity index is 352. The van der Waals surface area contributed by atoms with Gasteiger partial charge in [-0.1, -0.05) is 24.3 Å². The van der Waals surface area contributed by atoms with E-state index in [2.05, 4.69) is 42.6 Å². The highest BCUT2D eigenvalue weighted by molar-refractivity contribution is 5.55. The van der Waals surface area contributed by atoms with Crippen molar-refractivity contribution >= 4 is 5.69 Å². The lowest BCUT2D eigenvalue weighted by molar-refractivity contribution is 0.686. The summed E-state index contributed by atoms with van der Waals surface area (Å²) in [7, 11) is 0. The first-order valence-electron chi connectivity index (χ1n) is 5.87. The highest BCUT2D eigenvalue weighted by Gasteiger charge is 2.11. The van der Waals surface area contributed by atoms with E-state index in [-0.39, 0.29) is 0 Å². The monoisotopic (exact) mass is 201 g/mol. The minimum atomic E-state index is 0.937. The maximum atomic E-state index is 3.49. The van der Waals surface area contributed by atoms with Gasteiger partial charge in [0.2, 0.25) is 0 Å². The van der Waals surface area contributed by atoms with Crippen LogP contribution >= 0.6 is 0 Å². The first-order valence-corrected chi connectivity index (χ1v) is 5.87. The summed E-state index contributed by atoms with van der Waals surface area (Å²) in [4.78, 5) is 0. The Kier molecular flexibility index (Phi) is 3.44. The van der Waals surface area contributed by atoms with E-state index in [9.17, 15) is 0 Å². The Balaban J connectivity index is 2.16. The largest absolute Gasteiger partial charge is 0.381 e. The Morgan fingerprint density at radius 1 is 1.27 bits per heavy atom. The molecule has 1 aliphatic carbocycles. The fourth-order valence-corrected chi connectivity index (χ4v) is 2.23. The van der Waals surface area contributed by atoms with Crippen LogP contribution in [0.1, 0.15) is 30.9 Å². The Morgan fingerprint density at radius 2 is 2.13 bits per heavy atom. The summed E-state index contributed by atoms with van der Waals surface area (Å²) in [6, 6.07) is 6.64. The molecule has 0 saturated carbocycles. The van der Waals surface area contributed by atoms with Crippen LogP contribution in [0.4, 0.5) is 5.69 Å². The molecule has 1 nitrogen and oxygen atoms in total. The molecule has 0 spiro atoms. The number of benzene rings is 1. The molecule has 2 rings (SSSR count). The topological polar surface area (TPSA) is 12.0 Å². The molecular weight excluding hydrogens is 182 g/mol. The zero-order chi connectivity index (χ0) is 10.5. The minimum absolute atomic E-state index is 0.937. The molecule has 1 aromatic rings. The lowest BCUT2D eigenvalue weighted by atomic mass is 9.90. The number of hydrogen-bond donors (Lipinski definition) is 1. The third kappa shape index (κ3) is 2.41. The summed E-state index contributed by atoms with van der Waals surface area (Å²) in [5.74, 6) is 0. The van der Waals surface area contributed by atoms with Crippen LogP contribution in [0.25, 0.3) is 0 Å². The average Bonchev–Trinajstić information content (AvgIpc) is 2.30. The number of aryl methyl sites for hydroxylation is 1. The summed E-state index contributed by atoms with van der Waals surface area (Å²) in [5, 5.41) is 3.49. The molecule has 1 N–H and O–H groups in total. The zero-order valence-electron chi connectivity index (χ0n) is 9.42. The van der Waals surface area contributed by atoms with Gasteiger partial charge in [-0.3, -0.25) is 0 Å². The quantitative estimate of drug-likeness (QED) is 0.737. The Morgan fingerprint density at radius 3 is 3.00 bits per heavy atom. The third-order valence-electron chi connectivity index (χ3n) is 3.04. The van der Waals surface area contributed by atoms with Crippen molar-refractivity contribution in [1.29, 1.82) is 0 Å². The van der Waals surface area contributed by atoms with Gasteiger partial charge in [0.15, 0.2) is 0 Å². The van der Waals surface area contributed by atoms with Crippen LogP contribution in [0.2, 0.25) is 0 Å². The van der Waals surface area contributed by atoms with Gasteiger partial charge in [-0.05, 0) is 49.8 Å². The highest BCUT2D eigenvalue weighted by atomic mass is 14.9. The molecule has 0 saturated heterocycles. The van der Waals surface area contributed by atoms with E-state index in [0.29, 0.717) is 0 Å². The van der Waals surface area contributed by atoms with Gasteiger partial charge >= 0.3 is 0 Å². The van der Waals surface area contributed by atoms with Crippen molar-refractivity contribution < 1.29 is 0 Å². The molecule has 0 bridgehead atoms. The van der Waals surface area contributed by atoms with E-state index in [1.807, 2.05) is 0 Å². The maximum absolute atomic E-state index is 3.49. The van der Waals surface area contributed by atoms with Crippen molar-refractivity contribution in [1.82, 2.24) is 0 Å². The van der Waals surface area contributed by atoms with Gasteiger partial charge in [0.1, 0.15) is 0 Å². The number of nitrogens with one attached hydrogen (secondary N) is 1. The molecule has 1 aliphatic rings. The smallest absolute Gasteiger partial charge is 0.0377 e. The van der Waals surface area contributed by atoms with Crippen molar-refractivity contribution in [3.63, 3.8) is 0 Å². The normalized spacial score (nSPS) is 15.3. The van der Waals surface area contributed by atoms with Crippen LogP contribution in [0, 0.1) is 0 Å². The minimum Gasteiger partial charge on any atom is -0.381 e. The molecule has 0 radical (unpaired) electrons. The van der Waals surface area contributed by atoms with Crippen LogP contribution in [-0.4, -0.2) is 6.54 Å². The van der Waals surface area contributed by atoms with Crippen LogP contribution in [0.5, 0.6) is 0 Å². The van der Waals surface area contributed by atoms with E-state index >= 15 is 0 Å². The predicted octanol–water partition coefficient (Wildman–Crippen LogP) is 3.55. The standard InChI is InChI=1S/C14H19N/c1-2-3-11-15-14-10-6-8-12-7-4-5-9-13(12)14/h2-3,6,8,10,15H,4-5,7,9,11H2,1H3/b3-2+. The second kappa shape index (κ2) is 5.01. The van der Waals surface area contributed by atoms with Crippen LogP contribution in [0.15, 0.2) is 30.4 Å². The molecule has 0 aromatic heterocycles. The van der Waals surface area contributed by atoms with Crippen molar-refractivity contribution in [3.8, 4) is 0 Å². The average molecular weight is 201 g/mol. The molecule has 0 amide bonds. The predicted molar refractivity (Wildman–Crippen MR) is 66.4 cm³/mol. The number of rotatable bonds is 3. The molecule has 1 heteroatoms. The van der Waals surface area contributed by atoms with Gasteiger partial charge in [-0.15, -0.1) is 0 Å². The lowest BCUT2D eigenvalue weighted by Gasteiger charge is -2.19. The van der Waals surface area contributed by atoms with E-state index in [1.165, 1.54) is 31.4 Å². The van der Waals surface area contributed by atoms with Gasteiger partial charge in [0.25, 0.3) is 0 Å². The molecule has 0 heterocycles. The summed E-state index contributed by atoms with van der Waals surface area (Å²) in [6.07, 6.45) is 9.44. The van der Waals surface area contributed by atoms with Gasteiger partial charge in [-0.25, -0.2) is 0 Å². The third-order valence-corrected chi connectivity index (χ3v) is 3.04. The van der Waals surface area contributed by atoms with E-state index in [0.717, 1.165) is 6.54 Å². The van der Waals surface area contributed by atoms with Crippen LogP contribution in [-0.2, 0) is 12.8 Å². The molecule has 0 aliphatic heterocycles. The molecule has 0 unspecified atom stereocenters. The molecular formula is C14H19N. The number of anilines is 1. The van der Waals surface area contributed by atoms with Crippen molar-refractivity contribution in [2.24, 2.45) is 0 Å². The summed E-state index contributed by atoms with van der Waals surface area (Å²) in [6.45, 7) is 3.00. The van der Waals surface area contributed by atoms with Gasteiger partial charge in [0.05, 0.1) is 0 Å². The second-order valence-corrected chi connectivity index (χ2v) is 4.10. The van der Waals surface area contributed by atoms with Crippen LogP contribution < -0.4 is 5.32 Å². The van der Waals surface area contributed by atoms with Gasteiger partial charge < -0.3 is 5.32 Å². The van der Waals surface area contributed by atoms with E-state index in [1.54, 1.807) is 11.1 Å². The molecule has 0 atom stereocenters. The number of hydrogen-bond acceptors (Lipinski definition) is 1. The molecule has 15 heavy (non-hydrogen) atoms. The van der Waals surface area contributed by atoms with E-state index < -0.39 is 0 Å². The Labute approximate surface area is 92.2 Å². The van der Waals surface area contributed by atoms with Crippen LogP contribution in [0.3, 0.4) is 0 Å².